The van der Waals surface area contributed by atoms with Gasteiger partial charge >= 0.3 is 6.09 Å². The summed E-state index contributed by atoms with van der Waals surface area (Å²) in [7, 11) is 0. The van der Waals surface area contributed by atoms with Gasteiger partial charge in [-0.1, -0.05) is 42.5 Å². The Morgan fingerprint density at radius 3 is 2.25 bits per heavy atom. The van der Waals surface area contributed by atoms with Gasteiger partial charge in [0.25, 0.3) is 0 Å². The summed E-state index contributed by atoms with van der Waals surface area (Å²) in [5, 5.41) is 7.19. The number of primary amides is 1. The van der Waals surface area contributed by atoms with Crippen LogP contribution in [0.3, 0.4) is 0 Å². The Bertz CT molecular complexity index is 526. The maximum absolute atomic E-state index is 8.78. The van der Waals surface area contributed by atoms with Crippen LogP contribution in [0.25, 0.3) is 0 Å². The molecular formula is C15H18N2O3. The number of benzene rings is 2. The number of rotatable bonds is 4. The second kappa shape index (κ2) is 8.55. The third-order valence-corrected chi connectivity index (χ3v) is 2.38. The van der Waals surface area contributed by atoms with Crippen LogP contribution in [0.1, 0.15) is 11.1 Å². The lowest BCUT2D eigenvalue weighted by Gasteiger charge is -2.07. The van der Waals surface area contributed by atoms with Gasteiger partial charge in [0.2, 0.25) is 0 Å². The summed E-state index contributed by atoms with van der Waals surface area (Å²) in [6.07, 6.45) is -1.33. The predicted octanol–water partition coefficient (Wildman–Crippen LogP) is 2.35. The molecule has 5 heteroatoms. The van der Waals surface area contributed by atoms with Crippen molar-refractivity contribution in [2.75, 3.05) is 0 Å². The number of hydrogen-bond acceptors (Lipinski definition) is 3. The van der Waals surface area contributed by atoms with E-state index in [2.05, 4.69) is 5.73 Å². The number of ether oxygens (including phenoxy) is 1. The van der Waals surface area contributed by atoms with Crippen LogP contribution < -0.4 is 16.2 Å². The zero-order chi connectivity index (χ0) is 14.8. The quantitative estimate of drug-likeness (QED) is 0.796. The molecular weight excluding hydrogens is 256 g/mol. The highest BCUT2D eigenvalue weighted by Crippen LogP contribution is 2.14. The number of hydrogen-bond donors (Lipinski definition) is 3. The molecule has 0 bridgehead atoms. The van der Waals surface area contributed by atoms with Crippen LogP contribution in [0, 0.1) is 0 Å². The SMILES string of the molecule is NC(=O)O.NCc1cccc(OCc2ccccc2)c1. The van der Waals surface area contributed by atoms with Gasteiger partial charge in [0, 0.05) is 6.54 Å². The van der Waals surface area contributed by atoms with E-state index in [1.54, 1.807) is 0 Å². The Morgan fingerprint density at radius 2 is 1.65 bits per heavy atom. The van der Waals surface area contributed by atoms with Crippen LogP contribution in [0.4, 0.5) is 4.79 Å². The van der Waals surface area contributed by atoms with E-state index >= 15 is 0 Å². The maximum atomic E-state index is 8.78. The third kappa shape index (κ3) is 6.42. The summed E-state index contributed by atoms with van der Waals surface area (Å²) in [4.78, 5) is 8.78. The van der Waals surface area contributed by atoms with Gasteiger partial charge in [0.15, 0.2) is 0 Å². The van der Waals surface area contributed by atoms with Gasteiger partial charge in [0.1, 0.15) is 12.4 Å². The molecule has 0 fully saturated rings. The van der Waals surface area contributed by atoms with Crippen LogP contribution in [0.2, 0.25) is 0 Å². The molecule has 106 valence electrons. The average Bonchev–Trinajstić information content (AvgIpc) is 2.46. The number of amides is 1. The molecule has 2 rings (SSSR count). The standard InChI is InChI=1S/C14H15NO.CH3NO2/c15-10-13-7-4-8-14(9-13)16-11-12-5-2-1-3-6-12;2-1(3)4/h1-9H,10-11,15H2;2H2,(H,3,4). The molecule has 0 aliphatic heterocycles. The summed E-state index contributed by atoms with van der Waals surface area (Å²) < 4.78 is 5.68. The van der Waals surface area contributed by atoms with Gasteiger partial charge < -0.3 is 21.3 Å². The van der Waals surface area contributed by atoms with E-state index in [4.69, 9.17) is 20.4 Å². The molecule has 0 aliphatic carbocycles. The Kier molecular flexibility index (Phi) is 6.64. The second-order valence-electron chi connectivity index (χ2n) is 3.96. The first kappa shape index (κ1) is 15.5. The molecule has 1 amide bonds. The van der Waals surface area contributed by atoms with Crippen LogP contribution in [0.15, 0.2) is 54.6 Å². The highest BCUT2D eigenvalue weighted by molar-refractivity contribution is 5.61. The van der Waals surface area contributed by atoms with Crippen LogP contribution in [-0.4, -0.2) is 11.2 Å². The highest BCUT2D eigenvalue weighted by Gasteiger charge is 1.96. The molecule has 0 saturated carbocycles. The lowest BCUT2D eigenvalue weighted by atomic mass is 10.2. The summed E-state index contributed by atoms with van der Waals surface area (Å²) in [6, 6.07) is 18.0. The summed E-state index contributed by atoms with van der Waals surface area (Å²) >= 11 is 0. The van der Waals surface area contributed by atoms with Gasteiger partial charge in [-0.15, -0.1) is 0 Å². The van der Waals surface area contributed by atoms with Crippen LogP contribution in [0.5, 0.6) is 5.75 Å². The van der Waals surface area contributed by atoms with Crippen molar-refractivity contribution in [2.24, 2.45) is 11.5 Å². The van der Waals surface area contributed by atoms with Crippen LogP contribution in [-0.2, 0) is 13.2 Å². The molecule has 0 atom stereocenters. The van der Waals surface area contributed by atoms with E-state index < -0.39 is 6.09 Å². The monoisotopic (exact) mass is 274 g/mol. The van der Waals surface area contributed by atoms with Crippen molar-refractivity contribution < 1.29 is 14.6 Å². The number of carbonyl (C=O) groups is 1. The molecule has 5 nitrogen and oxygen atoms in total. The van der Waals surface area contributed by atoms with Crippen molar-refractivity contribution in [3.63, 3.8) is 0 Å². The van der Waals surface area contributed by atoms with Crippen molar-refractivity contribution in [1.29, 1.82) is 0 Å². The van der Waals surface area contributed by atoms with Gasteiger partial charge in [-0.2, -0.15) is 0 Å². The lowest BCUT2D eigenvalue weighted by Crippen LogP contribution is -2.03. The fourth-order valence-corrected chi connectivity index (χ4v) is 1.50. The fraction of sp³-hybridized carbons (Fsp3) is 0.133. The Morgan fingerprint density at radius 1 is 1.05 bits per heavy atom. The summed E-state index contributed by atoms with van der Waals surface area (Å²) in [5.74, 6) is 0.867. The second-order valence-corrected chi connectivity index (χ2v) is 3.96. The van der Waals surface area contributed by atoms with Crippen LogP contribution >= 0.6 is 0 Å². The van der Waals surface area contributed by atoms with E-state index in [1.807, 2.05) is 54.6 Å². The minimum absolute atomic E-state index is 0.544. The van der Waals surface area contributed by atoms with E-state index in [0.717, 1.165) is 11.3 Å². The minimum atomic E-state index is -1.33. The lowest BCUT2D eigenvalue weighted by molar-refractivity contribution is 0.205. The molecule has 0 unspecified atom stereocenters. The van der Waals surface area contributed by atoms with Gasteiger partial charge in [-0.3, -0.25) is 0 Å². The Balaban J connectivity index is 0.000000444. The third-order valence-electron chi connectivity index (χ3n) is 2.38. The summed E-state index contributed by atoms with van der Waals surface area (Å²) in [5.41, 5.74) is 11.9. The summed E-state index contributed by atoms with van der Waals surface area (Å²) in [6.45, 7) is 1.14. The van der Waals surface area contributed by atoms with Crippen molar-refractivity contribution in [3.8, 4) is 5.75 Å². The van der Waals surface area contributed by atoms with Gasteiger partial charge in [0.05, 0.1) is 0 Å². The molecule has 0 spiro atoms. The first-order chi connectivity index (χ1) is 9.61. The zero-order valence-electron chi connectivity index (χ0n) is 11.0. The number of nitrogens with two attached hydrogens (primary N) is 2. The topological polar surface area (TPSA) is 98.6 Å². The Hall–Kier alpha value is -2.53. The molecule has 2 aromatic carbocycles. The zero-order valence-corrected chi connectivity index (χ0v) is 11.0. The average molecular weight is 274 g/mol. The van der Waals surface area contributed by atoms with E-state index in [-0.39, 0.29) is 0 Å². The molecule has 2 aromatic rings. The van der Waals surface area contributed by atoms with Crippen molar-refractivity contribution in [1.82, 2.24) is 0 Å². The minimum Gasteiger partial charge on any atom is -0.489 e. The van der Waals surface area contributed by atoms with E-state index in [0.29, 0.717) is 13.2 Å². The molecule has 0 aliphatic rings. The molecule has 20 heavy (non-hydrogen) atoms. The normalized spacial score (nSPS) is 9.25. The molecule has 5 N–H and O–H groups in total. The molecule has 0 aromatic heterocycles. The molecule has 0 saturated heterocycles. The van der Waals surface area contributed by atoms with Crippen molar-refractivity contribution in [3.05, 3.63) is 65.7 Å². The molecule has 0 radical (unpaired) electrons. The highest BCUT2D eigenvalue weighted by atomic mass is 16.5. The molecule has 0 heterocycles. The fourth-order valence-electron chi connectivity index (χ4n) is 1.50. The largest absolute Gasteiger partial charge is 0.489 e. The smallest absolute Gasteiger partial charge is 0.402 e. The van der Waals surface area contributed by atoms with E-state index in [9.17, 15) is 0 Å². The first-order valence-corrected chi connectivity index (χ1v) is 6.06. The van der Waals surface area contributed by atoms with Gasteiger partial charge in [-0.05, 0) is 23.3 Å². The van der Waals surface area contributed by atoms with E-state index in [1.165, 1.54) is 5.56 Å². The van der Waals surface area contributed by atoms with Crippen molar-refractivity contribution in [2.45, 2.75) is 13.2 Å². The maximum Gasteiger partial charge on any atom is 0.402 e. The van der Waals surface area contributed by atoms with Gasteiger partial charge in [-0.25, -0.2) is 4.79 Å². The Labute approximate surface area is 117 Å². The van der Waals surface area contributed by atoms with Crippen molar-refractivity contribution >= 4 is 6.09 Å². The predicted molar refractivity (Wildman–Crippen MR) is 77.3 cm³/mol. The first-order valence-electron chi connectivity index (χ1n) is 6.06. The number of carboxylic acid groups (broad SMARTS) is 1.